The minimum atomic E-state index is -4.79. The van der Waals surface area contributed by atoms with E-state index in [1.54, 1.807) is 0 Å². The van der Waals surface area contributed by atoms with Crippen LogP contribution >= 0.6 is 15.6 Å². The summed E-state index contributed by atoms with van der Waals surface area (Å²) in [6, 6.07) is 0. The standard InChI is InChI=1S/C3H10O8P2/c1-2-3(10-12(4,5)6)11-13(7,8)9/h3H,2H2,1H3,(H2,4,5,6)(H2,7,8,9). The third kappa shape index (κ3) is 8.55. The van der Waals surface area contributed by atoms with Gasteiger partial charge in [-0.3, -0.25) is 9.05 Å². The van der Waals surface area contributed by atoms with Crippen molar-refractivity contribution in [2.75, 3.05) is 0 Å². The lowest BCUT2D eigenvalue weighted by Crippen LogP contribution is -2.13. The zero-order valence-corrected chi connectivity index (χ0v) is 8.39. The molecule has 0 radical (unpaired) electrons. The molecule has 0 aromatic heterocycles. The quantitative estimate of drug-likeness (QED) is 0.385. The first-order valence-electron chi connectivity index (χ1n) is 3.12. The van der Waals surface area contributed by atoms with E-state index in [4.69, 9.17) is 19.6 Å². The average molecular weight is 236 g/mol. The molecule has 0 heterocycles. The van der Waals surface area contributed by atoms with Gasteiger partial charge in [0.05, 0.1) is 0 Å². The summed E-state index contributed by atoms with van der Waals surface area (Å²) in [6.45, 7) is 1.38. The summed E-state index contributed by atoms with van der Waals surface area (Å²) < 4.78 is 28.3. The van der Waals surface area contributed by atoms with E-state index in [2.05, 4.69) is 9.05 Å². The van der Waals surface area contributed by atoms with Crippen LogP contribution in [0, 0.1) is 0 Å². The van der Waals surface area contributed by atoms with E-state index >= 15 is 0 Å². The van der Waals surface area contributed by atoms with Gasteiger partial charge in [0.15, 0.2) is 6.29 Å². The van der Waals surface area contributed by atoms with Gasteiger partial charge < -0.3 is 19.6 Å². The molecular weight excluding hydrogens is 226 g/mol. The van der Waals surface area contributed by atoms with Crippen LogP contribution in [0.5, 0.6) is 0 Å². The van der Waals surface area contributed by atoms with Gasteiger partial charge in [-0.2, -0.15) is 0 Å². The number of hydrogen-bond donors (Lipinski definition) is 4. The van der Waals surface area contributed by atoms with E-state index in [0.717, 1.165) is 0 Å². The Hall–Kier alpha value is 0.220. The molecule has 0 amide bonds. The van der Waals surface area contributed by atoms with Crippen molar-refractivity contribution in [1.29, 1.82) is 0 Å². The van der Waals surface area contributed by atoms with Crippen molar-refractivity contribution < 1.29 is 37.8 Å². The molecule has 0 rings (SSSR count). The molecule has 0 spiro atoms. The Bertz CT molecular complexity index is 214. The number of rotatable bonds is 5. The molecule has 0 aliphatic heterocycles. The summed E-state index contributed by atoms with van der Waals surface area (Å²) in [5.41, 5.74) is 0. The van der Waals surface area contributed by atoms with Gasteiger partial charge in [-0.25, -0.2) is 9.13 Å². The van der Waals surface area contributed by atoms with Crippen LogP contribution in [0.3, 0.4) is 0 Å². The van der Waals surface area contributed by atoms with Crippen molar-refractivity contribution in [2.24, 2.45) is 0 Å². The van der Waals surface area contributed by atoms with Gasteiger partial charge in [-0.15, -0.1) is 0 Å². The van der Waals surface area contributed by atoms with Gasteiger partial charge in [0.25, 0.3) is 0 Å². The molecule has 0 saturated carbocycles. The minimum absolute atomic E-state index is 0.101. The fourth-order valence-corrected chi connectivity index (χ4v) is 1.54. The highest BCUT2D eigenvalue weighted by Crippen LogP contribution is 2.44. The second-order valence-corrected chi connectivity index (χ2v) is 4.41. The fraction of sp³-hybridized carbons (Fsp3) is 1.00. The second-order valence-electron chi connectivity index (χ2n) is 2.03. The maximum Gasteiger partial charge on any atom is 0.471 e. The number of phosphoric ester groups is 2. The molecule has 0 aliphatic carbocycles. The minimum Gasteiger partial charge on any atom is -0.303 e. The van der Waals surface area contributed by atoms with Crippen LogP contribution in [0.2, 0.25) is 0 Å². The molecule has 0 saturated heterocycles. The highest BCUT2D eigenvalue weighted by Gasteiger charge is 2.27. The van der Waals surface area contributed by atoms with E-state index in [1.807, 2.05) is 0 Å². The van der Waals surface area contributed by atoms with Crippen LogP contribution < -0.4 is 0 Å². The van der Waals surface area contributed by atoms with E-state index < -0.39 is 21.9 Å². The Morgan fingerprint density at radius 3 is 1.54 bits per heavy atom. The van der Waals surface area contributed by atoms with Crippen molar-refractivity contribution >= 4 is 15.6 Å². The molecule has 0 atom stereocenters. The van der Waals surface area contributed by atoms with Crippen LogP contribution in [-0.4, -0.2) is 25.9 Å². The molecule has 10 heteroatoms. The van der Waals surface area contributed by atoms with Crippen molar-refractivity contribution in [1.82, 2.24) is 0 Å². The van der Waals surface area contributed by atoms with Crippen molar-refractivity contribution in [3.05, 3.63) is 0 Å². The maximum atomic E-state index is 10.2. The molecule has 13 heavy (non-hydrogen) atoms. The van der Waals surface area contributed by atoms with Crippen LogP contribution in [0.4, 0.5) is 0 Å². The topological polar surface area (TPSA) is 134 Å². The lowest BCUT2D eigenvalue weighted by atomic mass is 10.5. The molecule has 0 unspecified atom stereocenters. The van der Waals surface area contributed by atoms with E-state index in [1.165, 1.54) is 6.92 Å². The van der Waals surface area contributed by atoms with Gasteiger partial charge in [0, 0.05) is 0 Å². The first-order valence-corrected chi connectivity index (χ1v) is 6.18. The summed E-state index contributed by atoms with van der Waals surface area (Å²) >= 11 is 0. The monoisotopic (exact) mass is 236 g/mol. The average Bonchev–Trinajstić information content (AvgIpc) is 1.79. The molecule has 0 aromatic rings. The van der Waals surface area contributed by atoms with Gasteiger partial charge in [0.1, 0.15) is 0 Å². The van der Waals surface area contributed by atoms with Crippen LogP contribution in [0.1, 0.15) is 13.3 Å². The first-order chi connectivity index (χ1) is 5.64. The van der Waals surface area contributed by atoms with E-state index in [0.29, 0.717) is 0 Å². The van der Waals surface area contributed by atoms with Crippen molar-refractivity contribution in [3.8, 4) is 0 Å². The fourth-order valence-electron chi connectivity index (χ4n) is 0.475. The van der Waals surface area contributed by atoms with Crippen molar-refractivity contribution in [2.45, 2.75) is 19.6 Å². The van der Waals surface area contributed by atoms with Gasteiger partial charge in [-0.1, -0.05) is 6.92 Å². The normalized spacial score (nSPS) is 13.7. The molecule has 8 nitrogen and oxygen atoms in total. The Morgan fingerprint density at radius 2 is 1.38 bits per heavy atom. The van der Waals surface area contributed by atoms with Gasteiger partial charge in [0.2, 0.25) is 0 Å². The second kappa shape index (κ2) is 4.63. The Morgan fingerprint density at radius 1 is 1.08 bits per heavy atom. The third-order valence-electron chi connectivity index (χ3n) is 0.843. The molecule has 0 aliphatic rings. The molecular formula is C3H10O8P2. The predicted octanol–water partition coefficient (Wildman–Crippen LogP) is -0.0589. The van der Waals surface area contributed by atoms with Crippen molar-refractivity contribution in [3.63, 3.8) is 0 Å². The smallest absolute Gasteiger partial charge is 0.303 e. The van der Waals surface area contributed by atoms with Crippen LogP contribution in [0.15, 0.2) is 0 Å². The zero-order valence-electron chi connectivity index (χ0n) is 6.60. The summed E-state index contributed by atoms with van der Waals surface area (Å²) in [5, 5.41) is 0. The maximum absolute atomic E-state index is 10.2. The van der Waals surface area contributed by atoms with Crippen LogP contribution in [0.25, 0.3) is 0 Å². The number of hydrogen-bond acceptors (Lipinski definition) is 4. The summed E-state index contributed by atoms with van der Waals surface area (Å²) in [7, 11) is -9.59. The van der Waals surface area contributed by atoms with Crippen LogP contribution in [-0.2, 0) is 18.2 Å². The molecule has 4 N–H and O–H groups in total. The van der Waals surface area contributed by atoms with Gasteiger partial charge >= 0.3 is 15.6 Å². The summed E-state index contributed by atoms with van der Waals surface area (Å²) in [5.74, 6) is 0. The molecule has 0 bridgehead atoms. The summed E-state index contributed by atoms with van der Waals surface area (Å²) in [4.78, 5) is 33.1. The molecule has 80 valence electrons. The zero-order chi connectivity index (χ0) is 10.7. The molecule has 0 aromatic carbocycles. The lowest BCUT2D eigenvalue weighted by Gasteiger charge is -2.16. The Balaban J connectivity index is 4.22. The third-order valence-corrected chi connectivity index (χ3v) is 1.86. The predicted molar refractivity (Wildman–Crippen MR) is 40.3 cm³/mol. The Labute approximate surface area is 74.0 Å². The SMILES string of the molecule is CCC(OP(=O)(O)O)OP(=O)(O)O. The largest absolute Gasteiger partial charge is 0.471 e. The summed E-state index contributed by atoms with van der Waals surface area (Å²) in [6.07, 6.45) is -1.72. The lowest BCUT2D eigenvalue weighted by molar-refractivity contribution is -0.0347. The Kier molecular flexibility index (Phi) is 4.71. The van der Waals surface area contributed by atoms with E-state index in [9.17, 15) is 9.13 Å². The number of phosphoric acid groups is 2. The highest BCUT2D eigenvalue weighted by molar-refractivity contribution is 7.47. The first kappa shape index (κ1) is 13.2. The molecule has 0 fully saturated rings. The van der Waals surface area contributed by atoms with E-state index in [-0.39, 0.29) is 6.42 Å². The highest BCUT2D eigenvalue weighted by atomic mass is 31.2. The van der Waals surface area contributed by atoms with Gasteiger partial charge in [-0.05, 0) is 6.42 Å².